The van der Waals surface area contributed by atoms with E-state index in [4.69, 9.17) is 0 Å². The SMILES string of the molecule is O=CC1CC12CSC2. The molecule has 8 heavy (non-hydrogen) atoms. The van der Waals surface area contributed by atoms with Gasteiger partial charge in [-0.3, -0.25) is 0 Å². The molecule has 0 aromatic carbocycles. The highest BCUT2D eigenvalue weighted by Crippen LogP contribution is 2.61. The van der Waals surface area contributed by atoms with Crippen molar-refractivity contribution in [2.45, 2.75) is 6.42 Å². The molecule has 1 unspecified atom stereocenters. The van der Waals surface area contributed by atoms with Gasteiger partial charge in [0.25, 0.3) is 0 Å². The molecular weight excluding hydrogens is 120 g/mol. The zero-order valence-electron chi connectivity index (χ0n) is 4.59. The summed E-state index contributed by atoms with van der Waals surface area (Å²) in [6.45, 7) is 0. The lowest BCUT2D eigenvalue weighted by atomic mass is 10.1. The van der Waals surface area contributed by atoms with Gasteiger partial charge in [0.05, 0.1) is 0 Å². The van der Waals surface area contributed by atoms with Crippen LogP contribution in [-0.4, -0.2) is 17.8 Å². The summed E-state index contributed by atoms with van der Waals surface area (Å²) in [5.41, 5.74) is 0.534. The molecule has 1 aliphatic heterocycles. The number of rotatable bonds is 1. The summed E-state index contributed by atoms with van der Waals surface area (Å²) < 4.78 is 0. The summed E-state index contributed by atoms with van der Waals surface area (Å²) in [5.74, 6) is 2.94. The first-order valence-electron chi connectivity index (χ1n) is 2.90. The molecule has 2 fully saturated rings. The maximum absolute atomic E-state index is 10.2. The molecule has 1 atom stereocenters. The largest absolute Gasteiger partial charge is 0.303 e. The van der Waals surface area contributed by atoms with E-state index in [0.29, 0.717) is 11.3 Å². The summed E-state index contributed by atoms with van der Waals surface area (Å²) in [6.07, 6.45) is 2.31. The zero-order chi connectivity index (χ0) is 5.61. The van der Waals surface area contributed by atoms with Crippen molar-refractivity contribution in [3.8, 4) is 0 Å². The Morgan fingerprint density at radius 1 is 1.62 bits per heavy atom. The highest BCUT2D eigenvalue weighted by Gasteiger charge is 2.58. The summed E-state index contributed by atoms with van der Waals surface area (Å²) in [6, 6.07) is 0. The minimum absolute atomic E-state index is 0.448. The van der Waals surface area contributed by atoms with Crippen LogP contribution >= 0.6 is 11.8 Å². The van der Waals surface area contributed by atoms with Crippen LogP contribution in [0.5, 0.6) is 0 Å². The number of hydrogen-bond acceptors (Lipinski definition) is 2. The molecule has 0 aromatic heterocycles. The third-order valence-corrected chi connectivity index (χ3v) is 3.75. The zero-order valence-corrected chi connectivity index (χ0v) is 5.41. The van der Waals surface area contributed by atoms with Gasteiger partial charge in [-0.1, -0.05) is 0 Å². The quantitative estimate of drug-likeness (QED) is 0.489. The second-order valence-electron chi connectivity index (χ2n) is 2.80. The molecule has 1 aliphatic carbocycles. The van der Waals surface area contributed by atoms with E-state index in [1.807, 2.05) is 11.8 Å². The number of carbonyl (C=O) groups excluding carboxylic acids is 1. The van der Waals surface area contributed by atoms with E-state index in [2.05, 4.69) is 0 Å². The minimum atomic E-state index is 0.448. The standard InChI is InChI=1S/C6H8OS/c7-2-5-1-6(5)3-8-4-6/h2,5H,1,3-4H2. The van der Waals surface area contributed by atoms with Gasteiger partial charge in [0.1, 0.15) is 6.29 Å². The van der Waals surface area contributed by atoms with E-state index in [0.717, 1.165) is 6.29 Å². The van der Waals surface area contributed by atoms with Gasteiger partial charge in [0.15, 0.2) is 0 Å². The van der Waals surface area contributed by atoms with Gasteiger partial charge in [-0.25, -0.2) is 0 Å². The Morgan fingerprint density at radius 3 is 2.50 bits per heavy atom. The fourth-order valence-electron chi connectivity index (χ4n) is 1.27. The third kappa shape index (κ3) is 0.419. The predicted molar refractivity (Wildman–Crippen MR) is 33.9 cm³/mol. The molecule has 2 heteroatoms. The van der Waals surface area contributed by atoms with Crippen LogP contribution in [0, 0.1) is 11.3 Å². The van der Waals surface area contributed by atoms with E-state index in [1.165, 1.54) is 17.9 Å². The van der Waals surface area contributed by atoms with E-state index in [-0.39, 0.29) is 0 Å². The monoisotopic (exact) mass is 128 g/mol. The van der Waals surface area contributed by atoms with Crippen molar-refractivity contribution < 1.29 is 4.79 Å². The Balaban J connectivity index is 2.02. The first kappa shape index (κ1) is 4.86. The number of carbonyl (C=O) groups is 1. The van der Waals surface area contributed by atoms with Gasteiger partial charge >= 0.3 is 0 Å². The number of hydrogen-bond donors (Lipinski definition) is 0. The lowest BCUT2D eigenvalue weighted by Gasteiger charge is -2.24. The number of aldehydes is 1. The van der Waals surface area contributed by atoms with Gasteiger partial charge in [-0.15, -0.1) is 0 Å². The van der Waals surface area contributed by atoms with Crippen LogP contribution in [0.25, 0.3) is 0 Å². The first-order valence-corrected chi connectivity index (χ1v) is 4.06. The molecule has 0 amide bonds. The Morgan fingerprint density at radius 2 is 2.38 bits per heavy atom. The van der Waals surface area contributed by atoms with Crippen molar-refractivity contribution in [1.29, 1.82) is 0 Å². The van der Waals surface area contributed by atoms with Crippen LogP contribution in [0.2, 0.25) is 0 Å². The van der Waals surface area contributed by atoms with Crippen LogP contribution < -0.4 is 0 Å². The molecule has 1 heterocycles. The molecular formula is C6H8OS. The molecule has 2 aliphatic rings. The smallest absolute Gasteiger partial charge is 0.123 e. The highest BCUT2D eigenvalue weighted by molar-refractivity contribution is 8.00. The Kier molecular flexibility index (Phi) is 0.786. The second kappa shape index (κ2) is 1.29. The average molecular weight is 128 g/mol. The van der Waals surface area contributed by atoms with Gasteiger partial charge < -0.3 is 4.79 Å². The van der Waals surface area contributed by atoms with Crippen molar-refractivity contribution in [1.82, 2.24) is 0 Å². The van der Waals surface area contributed by atoms with Crippen molar-refractivity contribution in [3.05, 3.63) is 0 Å². The summed E-state index contributed by atoms with van der Waals surface area (Å²) in [5, 5.41) is 0. The molecule has 1 saturated heterocycles. The molecule has 2 rings (SSSR count). The molecule has 44 valence electrons. The molecule has 0 bridgehead atoms. The Labute approximate surface area is 52.8 Å². The summed E-state index contributed by atoms with van der Waals surface area (Å²) in [4.78, 5) is 10.2. The van der Waals surface area contributed by atoms with Crippen molar-refractivity contribution in [2.75, 3.05) is 11.5 Å². The average Bonchev–Trinajstić information content (AvgIpc) is 2.36. The second-order valence-corrected chi connectivity index (χ2v) is 3.79. The maximum Gasteiger partial charge on any atom is 0.123 e. The van der Waals surface area contributed by atoms with E-state index in [1.54, 1.807) is 0 Å². The van der Waals surface area contributed by atoms with E-state index >= 15 is 0 Å². The van der Waals surface area contributed by atoms with Crippen LogP contribution in [0.3, 0.4) is 0 Å². The van der Waals surface area contributed by atoms with E-state index in [9.17, 15) is 4.79 Å². The summed E-state index contributed by atoms with van der Waals surface area (Å²) >= 11 is 1.97. The molecule has 1 spiro atoms. The van der Waals surface area contributed by atoms with Gasteiger partial charge in [-0.05, 0) is 11.8 Å². The minimum Gasteiger partial charge on any atom is -0.303 e. The third-order valence-electron chi connectivity index (χ3n) is 2.20. The molecule has 0 aromatic rings. The number of thioether (sulfide) groups is 1. The highest BCUT2D eigenvalue weighted by atomic mass is 32.2. The van der Waals surface area contributed by atoms with Crippen LogP contribution in [0.15, 0.2) is 0 Å². The molecule has 1 saturated carbocycles. The topological polar surface area (TPSA) is 17.1 Å². The summed E-state index contributed by atoms with van der Waals surface area (Å²) in [7, 11) is 0. The molecule has 1 nitrogen and oxygen atoms in total. The fraction of sp³-hybridized carbons (Fsp3) is 0.833. The first-order chi connectivity index (χ1) is 3.87. The van der Waals surface area contributed by atoms with Crippen LogP contribution in [-0.2, 0) is 4.79 Å². The normalized spacial score (nSPS) is 38.8. The lowest BCUT2D eigenvalue weighted by Crippen LogP contribution is -2.22. The van der Waals surface area contributed by atoms with Crippen molar-refractivity contribution in [2.24, 2.45) is 11.3 Å². The predicted octanol–water partition coefficient (Wildman–Crippen LogP) is 0.938. The Hall–Kier alpha value is 0.0200. The molecule has 0 N–H and O–H groups in total. The van der Waals surface area contributed by atoms with Crippen LogP contribution in [0.1, 0.15) is 6.42 Å². The van der Waals surface area contributed by atoms with E-state index < -0.39 is 0 Å². The molecule has 0 radical (unpaired) electrons. The lowest BCUT2D eigenvalue weighted by molar-refractivity contribution is -0.109. The van der Waals surface area contributed by atoms with Crippen molar-refractivity contribution in [3.63, 3.8) is 0 Å². The van der Waals surface area contributed by atoms with Gasteiger partial charge in [0.2, 0.25) is 0 Å². The fourth-order valence-corrected chi connectivity index (χ4v) is 2.66. The van der Waals surface area contributed by atoms with Crippen LogP contribution in [0.4, 0.5) is 0 Å². The maximum atomic E-state index is 10.2. The van der Waals surface area contributed by atoms with Gasteiger partial charge in [0, 0.05) is 17.4 Å². The van der Waals surface area contributed by atoms with Gasteiger partial charge in [-0.2, -0.15) is 11.8 Å². The Bertz CT molecular complexity index is 128. The van der Waals surface area contributed by atoms with Crippen molar-refractivity contribution >= 4 is 18.0 Å².